The Morgan fingerprint density at radius 3 is 2.44 bits per heavy atom. The van der Waals surface area contributed by atoms with Gasteiger partial charge >= 0.3 is 0 Å². The first-order chi connectivity index (χ1) is 8.59. The van der Waals surface area contributed by atoms with Crippen molar-refractivity contribution < 1.29 is 9.59 Å². The standard InChI is InChI=1S/C13H25N3O2/c1-10(2)5-6-15-12(17)9-14-7-8-16-13(18)11-3-4-11/h10-11,14H,3-9H2,1-2H3,(H,15,17)(H,16,18). The van der Waals surface area contributed by atoms with Gasteiger partial charge in [0.15, 0.2) is 0 Å². The predicted molar refractivity (Wildman–Crippen MR) is 71.1 cm³/mol. The SMILES string of the molecule is CC(C)CCNC(=O)CNCCNC(=O)C1CC1. The molecule has 0 atom stereocenters. The number of carbonyl (C=O) groups is 2. The Morgan fingerprint density at radius 2 is 1.83 bits per heavy atom. The van der Waals surface area contributed by atoms with Crippen LogP contribution < -0.4 is 16.0 Å². The lowest BCUT2D eigenvalue weighted by molar-refractivity contribution is -0.122. The first-order valence-electron chi connectivity index (χ1n) is 6.84. The molecule has 1 aliphatic carbocycles. The molecule has 0 radical (unpaired) electrons. The maximum absolute atomic E-state index is 11.4. The Kier molecular flexibility index (Phi) is 6.72. The second kappa shape index (κ2) is 8.08. The van der Waals surface area contributed by atoms with Crippen molar-refractivity contribution in [2.75, 3.05) is 26.2 Å². The first-order valence-corrected chi connectivity index (χ1v) is 6.84. The third-order valence-corrected chi connectivity index (χ3v) is 2.88. The van der Waals surface area contributed by atoms with E-state index in [2.05, 4.69) is 29.8 Å². The van der Waals surface area contributed by atoms with Gasteiger partial charge in [0.05, 0.1) is 6.54 Å². The molecule has 0 aliphatic heterocycles. The van der Waals surface area contributed by atoms with Gasteiger partial charge in [-0.25, -0.2) is 0 Å². The van der Waals surface area contributed by atoms with Crippen LogP contribution in [0.25, 0.3) is 0 Å². The Bertz CT molecular complexity index is 275. The van der Waals surface area contributed by atoms with E-state index in [1.165, 1.54) is 0 Å². The molecule has 0 aromatic heterocycles. The Hall–Kier alpha value is -1.10. The average molecular weight is 255 g/mol. The Labute approximate surface area is 109 Å². The minimum Gasteiger partial charge on any atom is -0.355 e. The summed E-state index contributed by atoms with van der Waals surface area (Å²) in [7, 11) is 0. The van der Waals surface area contributed by atoms with E-state index in [0.717, 1.165) is 25.8 Å². The molecule has 5 heteroatoms. The van der Waals surface area contributed by atoms with Crippen molar-refractivity contribution in [3.8, 4) is 0 Å². The van der Waals surface area contributed by atoms with Crippen molar-refractivity contribution in [3.05, 3.63) is 0 Å². The van der Waals surface area contributed by atoms with Crippen molar-refractivity contribution in [1.29, 1.82) is 0 Å². The Balaban J connectivity index is 1.87. The van der Waals surface area contributed by atoms with Gasteiger partial charge in [0.25, 0.3) is 0 Å². The van der Waals surface area contributed by atoms with E-state index in [0.29, 0.717) is 25.6 Å². The smallest absolute Gasteiger partial charge is 0.233 e. The van der Waals surface area contributed by atoms with Gasteiger partial charge < -0.3 is 16.0 Å². The fourth-order valence-corrected chi connectivity index (χ4v) is 1.53. The highest BCUT2D eigenvalue weighted by Crippen LogP contribution is 2.28. The summed E-state index contributed by atoms with van der Waals surface area (Å²) in [5.74, 6) is 1.03. The first kappa shape index (κ1) is 15.0. The van der Waals surface area contributed by atoms with E-state index in [4.69, 9.17) is 0 Å². The second-order valence-electron chi connectivity index (χ2n) is 5.27. The number of amides is 2. The van der Waals surface area contributed by atoms with Crippen molar-refractivity contribution in [2.24, 2.45) is 11.8 Å². The van der Waals surface area contributed by atoms with Crippen LogP contribution >= 0.6 is 0 Å². The van der Waals surface area contributed by atoms with Gasteiger partial charge in [-0.05, 0) is 25.2 Å². The van der Waals surface area contributed by atoms with E-state index in [1.54, 1.807) is 0 Å². The lowest BCUT2D eigenvalue weighted by Crippen LogP contribution is -2.38. The predicted octanol–water partition coefficient (Wildman–Crippen LogP) is 0.265. The molecule has 1 fully saturated rings. The monoisotopic (exact) mass is 255 g/mol. The highest BCUT2D eigenvalue weighted by atomic mass is 16.2. The molecule has 0 aromatic rings. The zero-order valence-corrected chi connectivity index (χ0v) is 11.4. The summed E-state index contributed by atoms with van der Waals surface area (Å²) < 4.78 is 0. The zero-order chi connectivity index (χ0) is 13.4. The molecule has 0 saturated heterocycles. The lowest BCUT2D eigenvalue weighted by Gasteiger charge is -2.08. The molecule has 0 spiro atoms. The summed E-state index contributed by atoms with van der Waals surface area (Å²) in [4.78, 5) is 22.7. The molecule has 0 aromatic carbocycles. The normalized spacial score (nSPS) is 14.6. The number of carbonyl (C=O) groups excluding carboxylic acids is 2. The van der Waals surface area contributed by atoms with E-state index in [-0.39, 0.29) is 17.7 Å². The van der Waals surface area contributed by atoms with Gasteiger partial charge in [0, 0.05) is 25.6 Å². The molecular formula is C13H25N3O2. The van der Waals surface area contributed by atoms with Crippen LogP contribution in [0.4, 0.5) is 0 Å². The van der Waals surface area contributed by atoms with Crippen LogP contribution in [0.2, 0.25) is 0 Å². The molecule has 1 saturated carbocycles. The van der Waals surface area contributed by atoms with Crippen molar-refractivity contribution in [1.82, 2.24) is 16.0 Å². The van der Waals surface area contributed by atoms with Crippen molar-refractivity contribution in [3.63, 3.8) is 0 Å². The van der Waals surface area contributed by atoms with Gasteiger partial charge in [-0.3, -0.25) is 9.59 Å². The van der Waals surface area contributed by atoms with Crippen molar-refractivity contribution in [2.45, 2.75) is 33.1 Å². The number of rotatable bonds is 9. The minimum absolute atomic E-state index is 0.0177. The maximum atomic E-state index is 11.4. The van der Waals surface area contributed by atoms with Crippen LogP contribution in [0.1, 0.15) is 33.1 Å². The van der Waals surface area contributed by atoms with E-state index >= 15 is 0 Å². The molecule has 0 heterocycles. The van der Waals surface area contributed by atoms with Crippen LogP contribution in [0.15, 0.2) is 0 Å². The maximum Gasteiger partial charge on any atom is 0.233 e. The molecule has 0 bridgehead atoms. The van der Waals surface area contributed by atoms with Crippen LogP contribution in [0.5, 0.6) is 0 Å². The van der Waals surface area contributed by atoms with Crippen LogP contribution in [-0.4, -0.2) is 38.0 Å². The molecule has 3 N–H and O–H groups in total. The molecule has 0 unspecified atom stereocenters. The summed E-state index contributed by atoms with van der Waals surface area (Å²) in [6.45, 7) is 6.54. The average Bonchev–Trinajstić information content (AvgIpc) is 3.11. The van der Waals surface area contributed by atoms with Crippen molar-refractivity contribution >= 4 is 11.8 Å². The fraction of sp³-hybridized carbons (Fsp3) is 0.846. The molecule has 1 aliphatic rings. The highest BCUT2D eigenvalue weighted by molar-refractivity contribution is 5.80. The van der Waals surface area contributed by atoms with Crippen LogP contribution in [0, 0.1) is 11.8 Å². The van der Waals surface area contributed by atoms with Crippen LogP contribution in [-0.2, 0) is 9.59 Å². The van der Waals surface area contributed by atoms with E-state index in [1.807, 2.05) is 0 Å². The molecule has 18 heavy (non-hydrogen) atoms. The fourth-order valence-electron chi connectivity index (χ4n) is 1.53. The quantitative estimate of drug-likeness (QED) is 0.518. The summed E-state index contributed by atoms with van der Waals surface area (Å²) in [5, 5.41) is 8.71. The summed E-state index contributed by atoms with van der Waals surface area (Å²) in [6.07, 6.45) is 3.05. The molecule has 2 amide bonds. The van der Waals surface area contributed by atoms with Gasteiger partial charge in [-0.1, -0.05) is 13.8 Å². The summed E-state index contributed by atoms with van der Waals surface area (Å²) in [5.41, 5.74) is 0. The zero-order valence-electron chi connectivity index (χ0n) is 11.4. The second-order valence-corrected chi connectivity index (χ2v) is 5.27. The van der Waals surface area contributed by atoms with Gasteiger partial charge in [0.1, 0.15) is 0 Å². The molecular weight excluding hydrogens is 230 g/mol. The molecule has 1 rings (SSSR count). The van der Waals surface area contributed by atoms with Gasteiger partial charge in [-0.2, -0.15) is 0 Å². The highest BCUT2D eigenvalue weighted by Gasteiger charge is 2.28. The Morgan fingerprint density at radius 1 is 1.11 bits per heavy atom. The topological polar surface area (TPSA) is 70.2 Å². The van der Waals surface area contributed by atoms with E-state index in [9.17, 15) is 9.59 Å². The summed E-state index contributed by atoms with van der Waals surface area (Å²) >= 11 is 0. The lowest BCUT2D eigenvalue weighted by atomic mass is 10.1. The molecule has 5 nitrogen and oxygen atoms in total. The number of nitrogens with one attached hydrogen (secondary N) is 3. The number of hydrogen-bond donors (Lipinski definition) is 3. The number of hydrogen-bond acceptors (Lipinski definition) is 3. The van der Waals surface area contributed by atoms with Gasteiger partial charge in [-0.15, -0.1) is 0 Å². The van der Waals surface area contributed by atoms with Crippen LogP contribution in [0.3, 0.4) is 0 Å². The summed E-state index contributed by atoms with van der Waals surface area (Å²) in [6, 6.07) is 0. The van der Waals surface area contributed by atoms with Gasteiger partial charge in [0.2, 0.25) is 11.8 Å². The third kappa shape index (κ3) is 7.27. The van der Waals surface area contributed by atoms with E-state index < -0.39 is 0 Å². The third-order valence-electron chi connectivity index (χ3n) is 2.88. The molecule has 104 valence electrons. The minimum atomic E-state index is 0.0177. The largest absolute Gasteiger partial charge is 0.355 e.